The number of nitro benzene ring substituents is 1. The van der Waals surface area contributed by atoms with Gasteiger partial charge in [-0.1, -0.05) is 56.7 Å². The van der Waals surface area contributed by atoms with Crippen molar-refractivity contribution >= 4 is 23.3 Å². The van der Waals surface area contributed by atoms with Gasteiger partial charge in [0.25, 0.3) is 11.6 Å². The highest BCUT2D eigenvalue weighted by Gasteiger charge is 2.27. The molecule has 7 heteroatoms. The zero-order valence-corrected chi connectivity index (χ0v) is 15.3. The maximum Gasteiger partial charge on any atom is 0.314 e. The van der Waals surface area contributed by atoms with Gasteiger partial charge in [-0.25, -0.2) is 0 Å². The Bertz CT molecular complexity index is 807. The molecule has 0 unspecified atom stereocenters. The Labute approximate surface area is 157 Å². The summed E-state index contributed by atoms with van der Waals surface area (Å²) in [4.78, 5) is 34.8. The van der Waals surface area contributed by atoms with E-state index in [2.05, 4.69) is 5.32 Å². The highest BCUT2D eigenvalue weighted by molar-refractivity contribution is 5.93. The van der Waals surface area contributed by atoms with Crippen LogP contribution in [0.1, 0.15) is 31.7 Å². The monoisotopic (exact) mass is 370 g/mol. The first-order valence-electron chi connectivity index (χ1n) is 8.68. The number of amides is 1. The molecule has 2 aromatic rings. The molecule has 2 aromatic carbocycles. The van der Waals surface area contributed by atoms with Gasteiger partial charge >= 0.3 is 5.97 Å². The van der Waals surface area contributed by atoms with Crippen molar-refractivity contribution in [3.63, 3.8) is 0 Å². The average molecular weight is 370 g/mol. The van der Waals surface area contributed by atoms with Crippen molar-refractivity contribution in [3.8, 4) is 0 Å². The Hall–Kier alpha value is -3.22. The zero-order valence-electron chi connectivity index (χ0n) is 15.3. The Morgan fingerprint density at radius 2 is 1.85 bits per heavy atom. The van der Waals surface area contributed by atoms with Gasteiger partial charge in [0, 0.05) is 17.8 Å². The third kappa shape index (κ3) is 5.64. The second-order valence-electron chi connectivity index (χ2n) is 6.24. The molecule has 2 rings (SSSR count). The number of carbonyl (C=O) groups excluding carboxylic acids is 2. The minimum atomic E-state index is -0.556. The van der Waals surface area contributed by atoms with Crippen LogP contribution in [0.2, 0.25) is 0 Å². The molecule has 27 heavy (non-hydrogen) atoms. The number of anilines is 1. The highest BCUT2D eigenvalue weighted by atomic mass is 16.6. The Morgan fingerprint density at radius 1 is 1.15 bits per heavy atom. The van der Waals surface area contributed by atoms with Gasteiger partial charge in [-0.05, 0) is 17.5 Å². The first-order chi connectivity index (χ1) is 12.9. The Kier molecular flexibility index (Phi) is 7.05. The fourth-order valence-electron chi connectivity index (χ4n) is 2.71. The van der Waals surface area contributed by atoms with Gasteiger partial charge in [0.15, 0.2) is 6.61 Å². The molecule has 0 spiro atoms. The van der Waals surface area contributed by atoms with Crippen LogP contribution in [0.15, 0.2) is 54.6 Å². The molecule has 0 bridgehead atoms. The fraction of sp³-hybridized carbons (Fsp3) is 0.300. The van der Waals surface area contributed by atoms with Crippen LogP contribution in [0.3, 0.4) is 0 Å². The van der Waals surface area contributed by atoms with Crippen molar-refractivity contribution < 1.29 is 19.2 Å². The van der Waals surface area contributed by atoms with E-state index in [4.69, 9.17) is 4.74 Å². The van der Waals surface area contributed by atoms with Crippen LogP contribution in [0, 0.1) is 16.0 Å². The smallest absolute Gasteiger partial charge is 0.314 e. The predicted molar refractivity (Wildman–Crippen MR) is 101 cm³/mol. The van der Waals surface area contributed by atoms with E-state index < -0.39 is 29.3 Å². The molecule has 0 radical (unpaired) electrons. The SMILES string of the molecule is CC[C@H](C)[C@@H](C(=O)OCC(=O)Nc1cccc([N+](=O)[O-])c1)c1ccccc1. The lowest BCUT2D eigenvalue weighted by molar-refractivity contribution is -0.384. The second kappa shape index (κ2) is 9.47. The molecule has 0 aliphatic heterocycles. The van der Waals surface area contributed by atoms with Crippen LogP contribution in [0.4, 0.5) is 11.4 Å². The maximum atomic E-state index is 12.6. The quantitative estimate of drug-likeness (QED) is 0.431. The van der Waals surface area contributed by atoms with Crippen LogP contribution in [-0.2, 0) is 14.3 Å². The number of non-ortho nitro benzene ring substituents is 1. The van der Waals surface area contributed by atoms with Gasteiger partial charge in [0.1, 0.15) is 0 Å². The topological polar surface area (TPSA) is 98.5 Å². The lowest BCUT2D eigenvalue weighted by Gasteiger charge is -2.21. The number of hydrogen-bond donors (Lipinski definition) is 1. The van der Waals surface area contributed by atoms with Crippen molar-refractivity contribution in [1.82, 2.24) is 0 Å². The van der Waals surface area contributed by atoms with E-state index in [0.717, 1.165) is 12.0 Å². The minimum absolute atomic E-state index is 0.0553. The van der Waals surface area contributed by atoms with Gasteiger partial charge in [-0.15, -0.1) is 0 Å². The molecule has 1 N–H and O–H groups in total. The summed E-state index contributed by atoms with van der Waals surface area (Å²) in [7, 11) is 0. The summed E-state index contributed by atoms with van der Waals surface area (Å²) in [6.07, 6.45) is 0.786. The van der Waals surface area contributed by atoms with E-state index in [1.165, 1.54) is 24.3 Å². The van der Waals surface area contributed by atoms with Gasteiger partial charge < -0.3 is 10.1 Å². The summed E-state index contributed by atoms with van der Waals surface area (Å²) < 4.78 is 5.21. The number of nitro groups is 1. The van der Waals surface area contributed by atoms with Crippen molar-refractivity contribution in [2.45, 2.75) is 26.2 Å². The molecular formula is C20H22N2O5. The van der Waals surface area contributed by atoms with Crippen LogP contribution in [0.25, 0.3) is 0 Å². The summed E-state index contributed by atoms with van der Waals surface area (Å²) in [5.74, 6) is -1.42. The summed E-state index contributed by atoms with van der Waals surface area (Å²) in [5.41, 5.74) is 0.980. The number of nitrogens with zero attached hydrogens (tertiary/aromatic N) is 1. The van der Waals surface area contributed by atoms with Gasteiger partial charge in [-0.2, -0.15) is 0 Å². The number of rotatable bonds is 8. The van der Waals surface area contributed by atoms with E-state index in [-0.39, 0.29) is 17.3 Å². The number of esters is 1. The van der Waals surface area contributed by atoms with Gasteiger partial charge in [-0.3, -0.25) is 19.7 Å². The Morgan fingerprint density at radius 3 is 2.48 bits per heavy atom. The standard InChI is InChI=1S/C20H22N2O5/c1-3-14(2)19(15-8-5-4-6-9-15)20(24)27-13-18(23)21-16-10-7-11-17(12-16)22(25)26/h4-12,14,19H,3,13H2,1-2H3,(H,21,23)/t14-,19+/m0/s1. The molecule has 0 fully saturated rings. The van der Waals surface area contributed by atoms with E-state index in [1.807, 2.05) is 44.2 Å². The largest absolute Gasteiger partial charge is 0.455 e. The van der Waals surface area contributed by atoms with E-state index in [9.17, 15) is 19.7 Å². The summed E-state index contributed by atoms with van der Waals surface area (Å²) >= 11 is 0. The number of benzene rings is 2. The van der Waals surface area contributed by atoms with Gasteiger partial charge in [0.05, 0.1) is 10.8 Å². The molecule has 0 aromatic heterocycles. The third-order valence-corrected chi connectivity index (χ3v) is 4.31. The molecule has 2 atom stereocenters. The first-order valence-corrected chi connectivity index (χ1v) is 8.68. The fourth-order valence-corrected chi connectivity index (χ4v) is 2.71. The number of nitrogens with one attached hydrogen (secondary N) is 1. The van der Waals surface area contributed by atoms with Crippen molar-refractivity contribution in [1.29, 1.82) is 0 Å². The summed E-state index contributed by atoms with van der Waals surface area (Å²) in [6.45, 7) is 3.49. The number of ether oxygens (including phenoxy) is 1. The second-order valence-corrected chi connectivity index (χ2v) is 6.24. The van der Waals surface area contributed by atoms with E-state index in [1.54, 1.807) is 0 Å². The highest BCUT2D eigenvalue weighted by Crippen LogP contribution is 2.28. The maximum absolute atomic E-state index is 12.6. The molecule has 0 aliphatic rings. The zero-order chi connectivity index (χ0) is 19.8. The summed E-state index contributed by atoms with van der Waals surface area (Å²) in [5, 5.41) is 13.3. The van der Waals surface area contributed by atoms with Crippen LogP contribution >= 0.6 is 0 Å². The van der Waals surface area contributed by atoms with Crippen LogP contribution in [-0.4, -0.2) is 23.4 Å². The molecule has 0 heterocycles. The molecule has 7 nitrogen and oxygen atoms in total. The molecule has 0 saturated carbocycles. The molecule has 1 amide bonds. The predicted octanol–water partition coefficient (Wildman–Crippen LogP) is 3.91. The lowest BCUT2D eigenvalue weighted by Crippen LogP contribution is -2.26. The number of carbonyl (C=O) groups is 2. The van der Waals surface area contributed by atoms with Crippen molar-refractivity contribution in [2.75, 3.05) is 11.9 Å². The molecule has 0 saturated heterocycles. The average Bonchev–Trinajstić information content (AvgIpc) is 2.67. The number of hydrogen-bond acceptors (Lipinski definition) is 5. The summed E-state index contributed by atoms with van der Waals surface area (Å²) in [6, 6.07) is 14.9. The van der Waals surface area contributed by atoms with Gasteiger partial charge in [0.2, 0.25) is 0 Å². The van der Waals surface area contributed by atoms with Crippen LogP contribution in [0.5, 0.6) is 0 Å². The molecular weight excluding hydrogens is 348 g/mol. The van der Waals surface area contributed by atoms with Crippen LogP contribution < -0.4 is 5.32 Å². The van der Waals surface area contributed by atoms with E-state index in [0.29, 0.717) is 0 Å². The third-order valence-electron chi connectivity index (χ3n) is 4.31. The Balaban J connectivity index is 1.99. The van der Waals surface area contributed by atoms with E-state index >= 15 is 0 Å². The normalized spacial score (nSPS) is 12.7. The van der Waals surface area contributed by atoms with Crippen molar-refractivity contribution in [3.05, 3.63) is 70.3 Å². The molecule has 0 aliphatic carbocycles. The van der Waals surface area contributed by atoms with Crippen molar-refractivity contribution in [2.24, 2.45) is 5.92 Å². The molecule has 142 valence electrons. The minimum Gasteiger partial charge on any atom is -0.455 e. The first kappa shape index (κ1) is 20.1. The lowest BCUT2D eigenvalue weighted by atomic mass is 9.86.